The van der Waals surface area contributed by atoms with Crippen molar-refractivity contribution in [2.24, 2.45) is 5.73 Å². The molecule has 0 saturated carbocycles. The molecule has 0 bridgehead atoms. The number of nitrogens with two attached hydrogens (primary N) is 1. The Labute approximate surface area is 73.1 Å². The van der Waals surface area contributed by atoms with Gasteiger partial charge < -0.3 is 5.73 Å². The van der Waals surface area contributed by atoms with Crippen LogP contribution in [-0.4, -0.2) is 28.6 Å². The maximum atomic E-state index is 11.5. The van der Waals surface area contributed by atoms with Crippen LogP contribution in [0.3, 0.4) is 0 Å². The molecule has 1 nitrogen and oxygen atoms in total. The normalized spacial score (nSPS) is 13.7. The Morgan fingerprint density at radius 2 is 2.33 bits per heavy atom. The van der Waals surface area contributed by atoms with Gasteiger partial charge in [0, 0.05) is 22.0 Å². The van der Waals surface area contributed by atoms with Gasteiger partial charge in [0.25, 0.3) is 0 Å². The molecule has 0 fully saturated rings. The number of halogens is 2. The van der Waals surface area contributed by atoms with Crippen LogP contribution in [0.25, 0.3) is 0 Å². The van der Waals surface area contributed by atoms with Crippen LogP contribution in [0, 0.1) is 0 Å². The van der Waals surface area contributed by atoms with E-state index in [0.717, 1.165) is 10.2 Å². The molecule has 0 aromatic rings. The van der Waals surface area contributed by atoms with E-state index in [1.165, 1.54) is 0 Å². The molecule has 0 radical (unpaired) electrons. The summed E-state index contributed by atoms with van der Waals surface area (Å²) < 4.78 is 12.4. The molecular formula is C5H11FINS. The first-order valence-corrected chi connectivity index (χ1v) is 5.44. The van der Waals surface area contributed by atoms with Crippen molar-refractivity contribution in [2.45, 2.75) is 6.04 Å². The number of hydrogen-bond donors (Lipinski definition) is 1. The first-order chi connectivity index (χ1) is 4.31. The summed E-state index contributed by atoms with van der Waals surface area (Å²) in [6, 6.07) is 0.238. The topological polar surface area (TPSA) is 26.0 Å². The Bertz CT molecular complexity index is 64.9. The van der Waals surface area contributed by atoms with Crippen LogP contribution < -0.4 is 5.73 Å². The van der Waals surface area contributed by atoms with Crippen molar-refractivity contribution in [2.75, 3.05) is 22.6 Å². The second-order valence-corrected chi connectivity index (χ2v) is 3.71. The lowest BCUT2D eigenvalue weighted by atomic mass is 10.4. The predicted octanol–water partition coefficient (Wildman–Crippen LogP) is 1.45. The van der Waals surface area contributed by atoms with Crippen molar-refractivity contribution in [3.63, 3.8) is 0 Å². The Kier molecular flexibility index (Phi) is 7.84. The lowest BCUT2D eigenvalue weighted by Crippen LogP contribution is -2.24. The first kappa shape index (κ1) is 9.97. The molecule has 0 heterocycles. The Hall–Kier alpha value is 0.970. The fraction of sp³-hybridized carbons (Fsp3) is 1.00. The molecular weight excluding hydrogens is 252 g/mol. The zero-order valence-corrected chi connectivity index (χ0v) is 8.12. The molecule has 0 spiro atoms. The van der Waals surface area contributed by atoms with Gasteiger partial charge >= 0.3 is 0 Å². The lowest BCUT2D eigenvalue weighted by Gasteiger charge is -2.04. The quantitative estimate of drug-likeness (QED) is 0.461. The number of rotatable bonds is 5. The molecule has 0 saturated heterocycles. The fourth-order valence-corrected chi connectivity index (χ4v) is 1.76. The maximum Gasteiger partial charge on any atom is 0.0984 e. The van der Waals surface area contributed by atoms with Crippen molar-refractivity contribution in [1.29, 1.82) is 0 Å². The fourth-order valence-electron chi connectivity index (χ4n) is 0.334. The van der Waals surface area contributed by atoms with E-state index in [1.807, 2.05) is 0 Å². The smallest absolute Gasteiger partial charge is 0.0984 e. The highest BCUT2D eigenvalue weighted by Crippen LogP contribution is 2.02. The highest BCUT2D eigenvalue weighted by molar-refractivity contribution is 14.1. The highest BCUT2D eigenvalue weighted by Gasteiger charge is 1.97. The Balaban J connectivity index is 2.88. The van der Waals surface area contributed by atoms with Crippen LogP contribution in [0.4, 0.5) is 4.39 Å². The summed E-state index contributed by atoms with van der Waals surface area (Å²) >= 11 is 3.81. The summed E-state index contributed by atoms with van der Waals surface area (Å²) in [7, 11) is 0. The SMILES string of the molecule is N[C@H](CI)CSCCF. The molecule has 0 aromatic carbocycles. The van der Waals surface area contributed by atoms with Gasteiger partial charge in [0.2, 0.25) is 0 Å². The summed E-state index contributed by atoms with van der Waals surface area (Å²) in [4.78, 5) is 0. The van der Waals surface area contributed by atoms with E-state index >= 15 is 0 Å². The van der Waals surface area contributed by atoms with E-state index in [4.69, 9.17) is 5.73 Å². The van der Waals surface area contributed by atoms with Gasteiger partial charge in [0.1, 0.15) is 0 Å². The standard InChI is InChI=1S/C5H11FINS/c6-1-2-9-4-5(8)3-7/h5H,1-4,8H2/t5-/m1/s1. The predicted molar refractivity (Wildman–Crippen MR) is 50.2 cm³/mol. The van der Waals surface area contributed by atoms with Crippen molar-refractivity contribution in [1.82, 2.24) is 0 Å². The van der Waals surface area contributed by atoms with Gasteiger partial charge in [-0.15, -0.1) is 0 Å². The second kappa shape index (κ2) is 7.08. The van der Waals surface area contributed by atoms with Crippen LogP contribution in [0.1, 0.15) is 0 Å². The summed E-state index contributed by atoms with van der Waals surface area (Å²) in [5.74, 6) is 1.47. The lowest BCUT2D eigenvalue weighted by molar-refractivity contribution is 0.532. The van der Waals surface area contributed by atoms with Crippen LogP contribution in [0.2, 0.25) is 0 Å². The van der Waals surface area contributed by atoms with E-state index in [2.05, 4.69) is 22.6 Å². The van der Waals surface area contributed by atoms with E-state index in [-0.39, 0.29) is 12.7 Å². The Morgan fingerprint density at radius 3 is 2.78 bits per heavy atom. The first-order valence-electron chi connectivity index (χ1n) is 2.76. The van der Waals surface area contributed by atoms with Crippen LogP contribution in [0.5, 0.6) is 0 Å². The Morgan fingerprint density at radius 1 is 1.67 bits per heavy atom. The third-order valence-electron chi connectivity index (χ3n) is 0.752. The highest BCUT2D eigenvalue weighted by atomic mass is 127. The summed E-state index contributed by atoms with van der Waals surface area (Å²) in [6.45, 7) is -0.237. The minimum atomic E-state index is -0.237. The third kappa shape index (κ3) is 6.86. The monoisotopic (exact) mass is 263 g/mol. The molecule has 4 heteroatoms. The molecule has 0 aliphatic rings. The van der Waals surface area contributed by atoms with Crippen molar-refractivity contribution in [3.8, 4) is 0 Å². The molecule has 0 unspecified atom stereocenters. The maximum absolute atomic E-state index is 11.5. The molecule has 0 aromatic heterocycles. The zero-order valence-electron chi connectivity index (χ0n) is 5.15. The molecule has 56 valence electrons. The summed E-state index contributed by atoms with van der Waals surface area (Å²) in [5.41, 5.74) is 5.56. The zero-order chi connectivity index (χ0) is 7.11. The minimum Gasteiger partial charge on any atom is -0.326 e. The van der Waals surface area contributed by atoms with Crippen molar-refractivity contribution in [3.05, 3.63) is 0 Å². The molecule has 9 heavy (non-hydrogen) atoms. The van der Waals surface area contributed by atoms with Gasteiger partial charge in [-0.3, -0.25) is 4.39 Å². The average Bonchev–Trinajstić information content (AvgIpc) is 1.89. The van der Waals surface area contributed by atoms with Gasteiger partial charge in [-0.1, -0.05) is 22.6 Å². The number of hydrogen-bond acceptors (Lipinski definition) is 2. The van der Waals surface area contributed by atoms with Crippen molar-refractivity contribution >= 4 is 34.4 Å². The van der Waals surface area contributed by atoms with E-state index in [1.54, 1.807) is 11.8 Å². The molecule has 0 amide bonds. The second-order valence-electron chi connectivity index (χ2n) is 1.68. The van der Waals surface area contributed by atoms with Crippen LogP contribution in [-0.2, 0) is 0 Å². The summed E-state index contributed by atoms with van der Waals surface area (Å²) in [6.07, 6.45) is 0. The van der Waals surface area contributed by atoms with Crippen LogP contribution in [0.15, 0.2) is 0 Å². The van der Waals surface area contributed by atoms with E-state index < -0.39 is 0 Å². The van der Waals surface area contributed by atoms with Gasteiger partial charge in [0.05, 0.1) is 6.67 Å². The molecule has 0 aliphatic heterocycles. The molecule has 1 atom stereocenters. The van der Waals surface area contributed by atoms with E-state index in [9.17, 15) is 4.39 Å². The summed E-state index contributed by atoms with van der Waals surface area (Å²) in [5, 5.41) is 0. The van der Waals surface area contributed by atoms with Gasteiger partial charge in [0.15, 0.2) is 0 Å². The number of alkyl halides is 2. The average molecular weight is 263 g/mol. The molecule has 2 N–H and O–H groups in total. The van der Waals surface area contributed by atoms with Crippen molar-refractivity contribution < 1.29 is 4.39 Å². The van der Waals surface area contributed by atoms with E-state index in [0.29, 0.717) is 5.75 Å². The van der Waals surface area contributed by atoms with Gasteiger partial charge in [-0.2, -0.15) is 11.8 Å². The third-order valence-corrected chi connectivity index (χ3v) is 2.99. The van der Waals surface area contributed by atoms with Gasteiger partial charge in [-0.25, -0.2) is 0 Å². The number of thioether (sulfide) groups is 1. The van der Waals surface area contributed by atoms with Gasteiger partial charge in [-0.05, 0) is 0 Å². The minimum absolute atomic E-state index is 0.237. The molecule has 0 aliphatic carbocycles. The largest absolute Gasteiger partial charge is 0.326 e. The molecule has 0 rings (SSSR count). The van der Waals surface area contributed by atoms with Crippen LogP contribution >= 0.6 is 34.4 Å².